The van der Waals surface area contributed by atoms with Crippen molar-refractivity contribution in [1.82, 2.24) is 5.32 Å². The van der Waals surface area contributed by atoms with Crippen LogP contribution in [-0.4, -0.2) is 20.9 Å². The van der Waals surface area contributed by atoms with Gasteiger partial charge in [-0.25, -0.2) is 8.42 Å². The summed E-state index contributed by atoms with van der Waals surface area (Å²) in [5.74, 6) is -0.368. The van der Waals surface area contributed by atoms with Crippen LogP contribution >= 0.6 is 0 Å². The van der Waals surface area contributed by atoms with E-state index in [1.54, 1.807) is 30.3 Å². The Kier molecular flexibility index (Phi) is 6.81. The van der Waals surface area contributed by atoms with Crippen LogP contribution in [0, 0.1) is 20.8 Å². The first-order valence-corrected chi connectivity index (χ1v) is 11.6. The fourth-order valence-corrected chi connectivity index (χ4v) is 4.85. The molecule has 0 fully saturated rings. The molecule has 162 valence electrons. The number of hydrogen-bond donors (Lipinski definition) is 1. The van der Waals surface area contributed by atoms with Gasteiger partial charge in [0.1, 0.15) is 6.54 Å². The molecule has 0 unspecified atom stereocenters. The van der Waals surface area contributed by atoms with Crippen LogP contribution in [0.25, 0.3) is 0 Å². The molecule has 1 N–H and O–H groups in total. The molecular formula is C25H28N2O3S. The van der Waals surface area contributed by atoms with Crippen molar-refractivity contribution in [2.75, 3.05) is 10.8 Å². The van der Waals surface area contributed by atoms with E-state index in [2.05, 4.69) is 5.32 Å². The van der Waals surface area contributed by atoms with Crippen molar-refractivity contribution in [3.63, 3.8) is 0 Å². The highest BCUT2D eigenvalue weighted by Crippen LogP contribution is 2.28. The Morgan fingerprint density at radius 1 is 0.903 bits per heavy atom. The van der Waals surface area contributed by atoms with E-state index >= 15 is 0 Å². The maximum Gasteiger partial charge on any atom is 0.264 e. The molecule has 0 spiro atoms. The lowest BCUT2D eigenvalue weighted by Crippen LogP contribution is -2.42. The van der Waals surface area contributed by atoms with E-state index < -0.39 is 10.0 Å². The SMILES string of the molecule is Cc1ccc(S(=O)(=O)N(CC(=O)N[C@@H](C)c2ccccc2)c2cc(C)ccc2C)cc1. The van der Waals surface area contributed by atoms with Gasteiger partial charge >= 0.3 is 0 Å². The molecule has 3 aromatic carbocycles. The molecule has 0 heterocycles. The second kappa shape index (κ2) is 9.35. The van der Waals surface area contributed by atoms with Gasteiger partial charge in [-0.3, -0.25) is 9.10 Å². The van der Waals surface area contributed by atoms with Crippen LogP contribution in [0.2, 0.25) is 0 Å². The van der Waals surface area contributed by atoms with Gasteiger partial charge in [0.15, 0.2) is 0 Å². The third kappa shape index (κ3) is 5.33. The van der Waals surface area contributed by atoms with Gasteiger partial charge in [-0.05, 0) is 62.6 Å². The van der Waals surface area contributed by atoms with Crippen molar-refractivity contribution in [1.29, 1.82) is 0 Å². The largest absolute Gasteiger partial charge is 0.348 e. The maximum absolute atomic E-state index is 13.5. The predicted molar refractivity (Wildman–Crippen MR) is 125 cm³/mol. The molecule has 0 aliphatic rings. The fourth-order valence-electron chi connectivity index (χ4n) is 3.37. The molecule has 31 heavy (non-hydrogen) atoms. The first kappa shape index (κ1) is 22.6. The molecule has 0 saturated carbocycles. The van der Waals surface area contributed by atoms with Crippen LogP contribution in [0.4, 0.5) is 5.69 Å². The van der Waals surface area contributed by atoms with E-state index in [9.17, 15) is 13.2 Å². The molecule has 0 bridgehead atoms. The summed E-state index contributed by atoms with van der Waals surface area (Å²) < 4.78 is 28.3. The molecule has 0 aliphatic carbocycles. The molecule has 6 heteroatoms. The zero-order valence-electron chi connectivity index (χ0n) is 18.3. The Morgan fingerprint density at radius 3 is 2.16 bits per heavy atom. The number of nitrogens with one attached hydrogen (secondary N) is 1. The molecule has 0 radical (unpaired) electrons. The Bertz CT molecular complexity index is 1160. The summed E-state index contributed by atoms with van der Waals surface area (Å²) in [6.45, 7) is 7.22. The van der Waals surface area contributed by atoms with Gasteiger partial charge in [0, 0.05) is 0 Å². The third-order valence-electron chi connectivity index (χ3n) is 5.21. The van der Waals surface area contributed by atoms with Crippen molar-refractivity contribution >= 4 is 21.6 Å². The van der Waals surface area contributed by atoms with Crippen LogP contribution in [0.1, 0.15) is 35.2 Å². The molecule has 3 aromatic rings. The summed E-state index contributed by atoms with van der Waals surface area (Å²) >= 11 is 0. The van der Waals surface area contributed by atoms with E-state index in [-0.39, 0.29) is 23.4 Å². The number of aryl methyl sites for hydroxylation is 3. The number of rotatable bonds is 7. The summed E-state index contributed by atoms with van der Waals surface area (Å²) in [4.78, 5) is 13.1. The van der Waals surface area contributed by atoms with Gasteiger partial charge in [-0.2, -0.15) is 0 Å². The van der Waals surface area contributed by atoms with Gasteiger partial charge in [0.2, 0.25) is 5.91 Å². The van der Waals surface area contributed by atoms with Crippen molar-refractivity contribution < 1.29 is 13.2 Å². The van der Waals surface area contributed by atoms with Crippen molar-refractivity contribution in [2.24, 2.45) is 0 Å². The number of hydrogen-bond acceptors (Lipinski definition) is 3. The second-order valence-electron chi connectivity index (χ2n) is 7.81. The number of nitrogens with zero attached hydrogens (tertiary/aromatic N) is 1. The van der Waals surface area contributed by atoms with Gasteiger partial charge in [0.05, 0.1) is 16.6 Å². The van der Waals surface area contributed by atoms with Gasteiger partial charge in [-0.15, -0.1) is 0 Å². The smallest absolute Gasteiger partial charge is 0.264 e. The average molecular weight is 437 g/mol. The Hall–Kier alpha value is -3.12. The number of benzene rings is 3. The van der Waals surface area contributed by atoms with Crippen molar-refractivity contribution in [3.05, 3.63) is 95.1 Å². The topological polar surface area (TPSA) is 66.5 Å². The Balaban J connectivity index is 1.95. The van der Waals surface area contributed by atoms with Crippen molar-refractivity contribution in [3.8, 4) is 0 Å². The maximum atomic E-state index is 13.5. The molecule has 0 saturated heterocycles. The van der Waals surface area contributed by atoms with E-state index in [0.29, 0.717) is 5.69 Å². The van der Waals surface area contributed by atoms with E-state index in [1.807, 2.05) is 70.2 Å². The number of amides is 1. The van der Waals surface area contributed by atoms with E-state index in [0.717, 1.165) is 22.3 Å². The predicted octanol–water partition coefficient (Wildman–Crippen LogP) is 4.68. The highest BCUT2D eigenvalue weighted by molar-refractivity contribution is 7.92. The lowest BCUT2D eigenvalue weighted by Gasteiger charge is -2.27. The third-order valence-corrected chi connectivity index (χ3v) is 6.98. The normalized spacial score (nSPS) is 12.3. The number of carbonyl (C=O) groups excluding carboxylic acids is 1. The quantitative estimate of drug-likeness (QED) is 0.585. The van der Waals surface area contributed by atoms with Crippen LogP contribution in [0.5, 0.6) is 0 Å². The fraction of sp³-hybridized carbons (Fsp3) is 0.240. The monoisotopic (exact) mass is 436 g/mol. The van der Waals surface area contributed by atoms with Gasteiger partial charge in [-0.1, -0.05) is 60.2 Å². The second-order valence-corrected chi connectivity index (χ2v) is 9.68. The summed E-state index contributed by atoms with van der Waals surface area (Å²) in [7, 11) is -3.93. The molecule has 1 amide bonds. The molecule has 0 aromatic heterocycles. The number of carbonyl (C=O) groups is 1. The molecule has 0 aliphatic heterocycles. The molecule has 3 rings (SSSR count). The first-order valence-electron chi connectivity index (χ1n) is 10.2. The lowest BCUT2D eigenvalue weighted by atomic mass is 10.1. The van der Waals surface area contributed by atoms with Crippen molar-refractivity contribution in [2.45, 2.75) is 38.6 Å². The van der Waals surface area contributed by atoms with Crippen LogP contribution in [0.3, 0.4) is 0 Å². The minimum absolute atomic E-state index is 0.155. The molecular weight excluding hydrogens is 408 g/mol. The molecule has 1 atom stereocenters. The minimum atomic E-state index is -3.93. The van der Waals surface area contributed by atoms with Crippen LogP contribution < -0.4 is 9.62 Å². The van der Waals surface area contributed by atoms with Crippen LogP contribution in [0.15, 0.2) is 77.7 Å². The van der Waals surface area contributed by atoms with Crippen LogP contribution in [-0.2, 0) is 14.8 Å². The van der Waals surface area contributed by atoms with Gasteiger partial charge < -0.3 is 5.32 Å². The zero-order valence-corrected chi connectivity index (χ0v) is 19.1. The van der Waals surface area contributed by atoms with E-state index in [4.69, 9.17) is 0 Å². The Labute approximate surface area is 184 Å². The lowest BCUT2D eigenvalue weighted by molar-refractivity contribution is -0.120. The zero-order chi connectivity index (χ0) is 22.6. The number of anilines is 1. The highest BCUT2D eigenvalue weighted by atomic mass is 32.2. The first-order chi connectivity index (χ1) is 14.7. The van der Waals surface area contributed by atoms with Gasteiger partial charge in [0.25, 0.3) is 10.0 Å². The molecule has 5 nitrogen and oxygen atoms in total. The van der Waals surface area contributed by atoms with E-state index in [1.165, 1.54) is 4.31 Å². The summed E-state index contributed by atoms with van der Waals surface area (Å²) in [6, 6.07) is 21.6. The minimum Gasteiger partial charge on any atom is -0.348 e. The average Bonchev–Trinajstić information content (AvgIpc) is 2.74. The summed E-state index contributed by atoms with van der Waals surface area (Å²) in [5, 5.41) is 2.92. The highest BCUT2D eigenvalue weighted by Gasteiger charge is 2.28. The summed E-state index contributed by atoms with van der Waals surface area (Å²) in [5.41, 5.74) is 4.12. The Morgan fingerprint density at radius 2 is 1.52 bits per heavy atom. The standard InChI is InChI=1S/C25H28N2O3S/c1-18-11-14-23(15-12-18)31(29,30)27(24-16-19(2)10-13-20(24)3)17-25(28)26-21(4)22-8-6-5-7-9-22/h5-16,21H,17H2,1-4H3,(H,26,28)/t21-/m0/s1. The summed E-state index contributed by atoms with van der Waals surface area (Å²) in [6.07, 6.45) is 0. The number of sulfonamides is 1.